The van der Waals surface area contributed by atoms with Gasteiger partial charge < -0.3 is 15.4 Å². The van der Waals surface area contributed by atoms with Crippen molar-refractivity contribution in [3.63, 3.8) is 0 Å². The maximum atomic E-state index is 12.7. The summed E-state index contributed by atoms with van der Waals surface area (Å²) in [5, 5.41) is 5.86. The Morgan fingerprint density at radius 3 is 2.74 bits per heavy atom. The summed E-state index contributed by atoms with van der Waals surface area (Å²) in [7, 11) is 0. The van der Waals surface area contributed by atoms with Gasteiger partial charge in [-0.05, 0) is 74.9 Å². The molecular formula is C22H24N2O3. The van der Waals surface area contributed by atoms with E-state index in [-0.39, 0.29) is 17.9 Å². The van der Waals surface area contributed by atoms with Crippen molar-refractivity contribution in [2.45, 2.75) is 51.7 Å². The van der Waals surface area contributed by atoms with Crippen molar-refractivity contribution in [2.75, 3.05) is 5.32 Å². The largest absolute Gasteiger partial charge is 0.476 e. The van der Waals surface area contributed by atoms with E-state index < -0.39 is 5.60 Å². The smallest absolute Gasteiger partial charge is 0.268 e. The summed E-state index contributed by atoms with van der Waals surface area (Å²) in [6, 6.07) is 11.5. The van der Waals surface area contributed by atoms with Crippen molar-refractivity contribution < 1.29 is 14.3 Å². The molecule has 0 unspecified atom stereocenters. The third-order valence-electron chi connectivity index (χ3n) is 5.37. The first-order chi connectivity index (χ1) is 12.8. The van der Waals surface area contributed by atoms with Gasteiger partial charge in [0.15, 0.2) is 5.60 Å². The van der Waals surface area contributed by atoms with Gasteiger partial charge in [0, 0.05) is 5.56 Å². The van der Waals surface area contributed by atoms with E-state index in [2.05, 4.69) is 28.8 Å². The predicted molar refractivity (Wildman–Crippen MR) is 104 cm³/mol. The number of fused-ring (bicyclic) bond motifs is 2. The number of ether oxygens (including phenoxy) is 1. The predicted octanol–water partition coefficient (Wildman–Crippen LogP) is 3.78. The van der Waals surface area contributed by atoms with Gasteiger partial charge in [0.2, 0.25) is 0 Å². The highest BCUT2D eigenvalue weighted by Gasteiger charge is 2.35. The van der Waals surface area contributed by atoms with E-state index in [9.17, 15) is 9.59 Å². The minimum atomic E-state index is -0.918. The fraction of sp³-hybridized carbons (Fsp3) is 0.364. The van der Waals surface area contributed by atoms with Gasteiger partial charge >= 0.3 is 0 Å². The van der Waals surface area contributed by atoms with Crippen molar-refractivity contribution in [3.8, 4) is 5.75 Å². The monoisotopic (exact) mass is 364 g/mol. The zero-order chi connectivity index (χ0) is 19.2. The van der Waals surface area contributed by atoms with Crippen molar-refractivity contribution in [1.82, 2.24) is 5.32 Å². The Labute approximate surface area is 159 Å². The molecule has 1 aliphatic carbocycles. The zero-order valence-corrected chi connectivity index (χ0v) is 15.9. The molecule has 2 amide bonds. The Morgan fingerprint density at radius 2 is 1.93 bits per heavy atom. The molecule has 2 aromatic carbocycles. The summed E-state index contributed by atoms with van der Waals surface area (Å²) in [6.07, 6.45) is 3.47. The van der Waals surface area contributed by atoms with Crippen LogP contribution in [0.2, 0.25) is 0 Å². The Kier molecular flexibility index (Phi) is 4.17. The molecule has 1 aliphatic heterocycles. The standard InChI is InChI=1S/C22H24N2O3/c1-13(15-8-7-14-5-4-6-16(14)11-15)23-20(25)17-9-10-19-18(12-17)24-21(26)22(2,3)27-19/h7-13H,4-6H2,1-3H3,(H,23,25)(H,24,26)/t13-/m1/s1. The van der Waals surface area contributed by atoms with Crippen LogP contribution in [-0.4, -0.2) is 17.4 Å². The molecular weight excluding hydrogens is 340 g/mol. The lowest BCUT2D eigenvalue weighted by molar-refractivity contribution is -0.129. The van der Waals surface area contributed by atoms with Crippen molar-refractivity contribution >= 4 is 17.5 Å². The molecule has 2 aliphatic rings. The zero-order valence-electron chi connectivity index (χ0n) is 15.9. The number of rotatable bonds is 3. The van der Waals surface area contributed by atoms with Gasteiger partial charge in [0.1, 0.15) is 5.75 Å². The van der Waals surface area contributed by atoms with Crippen LogP contribution in [-0.2, 0) is 17.6 Å². The number of hydrogen-bond acceptors (Lipinski definition) is 3. The second kappa shape index (κ2) is 6.41. The summed E-state index contributed by atoms with van der Waals surface area (Å²) in [5.41, 5.74) is 4.03. The number of hydrogen-bond donors (Lipinski definition) is 2. The molecule has 0 fully saturated rings. The molecule has 1 heterocycles. The Hall–Kier alpha value is -2.82. The summed E-state index contributed by atoms with van der Waals surface area (Å²) in [4.78, 5) is 24.8. The Balaban J connectivity index is 1.50. The first-order valence-corrected chi connectivity index (χ1v) is 9.40. The quantitative estimate of drug-likeness (QED) is 0.871. The highest BCUT2D eigenvalue weighted by Crippen LogP contribution is 2.34. The third-order valence-corrected chi connectivity index (χ3v) is 5.37. The summed E-state index contributed by atoms with van der Waals surface area (Å²) < 4.78 is 5.72. The molecule has 5 nitrogen and oxygen atoms in total. The number of aryl methyl sites for hydroxylation is 2. The van der Waals surface area contributed by atoms with Gasteiger partial charge in [0.05, 0.1) is 11.7 Å². The highest BCUT2D eigenvalue weighted by atomic mass is 16.5. The molecule has 0 bridgehead atoms. The van der Waals surface area contributed by atoms with Crippen LogP contribution in [0.25, 0.3) is 0 Å². The molecule has 0 radical (unpaired) electrons. The lowest BCUT2D eigenvalue weighted by Crippen LogP contribution is -2.45. The third kappa shape index (κ3) is 3.29. The highest BCUT2D eigenvalue weighted by molar-refractivity contribution is 6.02. The lowest BCUT2D eigenvalue weighted by Gasteiger charge is -2.31. The maximum Gasteiger partial charge on any atom is 0.268 e. The van der Waals surface area contributed by atoms with Crippen LogP contribution < -0.4 is 15.4 Å². The average molecular weight is 364 g/mol. The molecule has 1 atom stereocenters. The normalized spacial score (nSPS) is 18.0. The molecule has 2 aromatic rings. The minimum Gasteiger partial charge on any atom is -0.476 e. The van der Waals surface area contributed by atoms with E-state index in [0.29, 0.717) is 17.0 Å². The van der Waals surface area contributed by atoms with Gasteiger partial charge in [-0.25, -0.2) is 0 Å². The van der Waals surface area contributed by atoms with Crippen molar-refractivity contribution in [2.24, 2.45) is 0 Å². The Bertz CT molecular complexity index is 933. The van der Waals surface area contributed by atoms with Crippen LogP contribution in [0.1, 0.15) is 60.3 Å². The van der Waals surface area contributed by atoms with E-state index in [1.54, 1.807) is 32.0 Å². The Morgan fingerprint density at radius 1 is 1.15 bits per heavy atom. The second-order valence-corrected chi connectivity index (χ2v) is 7.85. The van der Waals surface area contributed by atoms with Gasteiger partial charge in [-0.2, -0.15) is 0 Å². The molecule has 0 spiro atoms. The molecule has 140 valence electrons. The van der Waals surface area contributed by atoms with Crippen molar-refractivity contribution in [3.05, 3.63) is 58.7 Å². The van der Waals surface area contributed by atoms with Crippen molar-refractivity contribution in [1.29, 1.82) is 0 Å². The summed E-state index contributed by atoms with van der Waals surface area (Å²) in [6.45, 7) is 5.41. The number of carbonyl (C=O) groups excluding carboxylic acids is 2. The van der Waals surface area contributed by atoms with E-state index in [0.717, 1.165) is 18.4 Å². The minimum absolute atomic E-state index is 0.0933. The molecule has 5 heteroatoms. The first-order valence-electron chi connectivity index (χ1n) is 9.40. The van der Waals surface area contributed by atoms with Crippen LogP contribution in [0.15, 0.2) is 36.4 Å². The van der Waals surface area contributed by atoms with Crippen LogP contribution in [0.5, 0.6) is 5.75 Å². The topological polar surface area (TPSA) is 67.4 Å². The van der Waals surface area contributed by atoms with Gasteiger partial charge in [-0.1, -0.05) is 18.2 Å². The maximum absolute atomic E-state index is 12.7. The van der Waals surface area contributed by atoms with Gasteiger partial charge in [-0.15, -0.1) is 0 Å². The van der Waals surface area contributed by atoms with E-state index in [1.807, 2.05) is 6.92 Å². The molecule has 0 saturated carbocycles. The van der Waals surface area contributed by atoms with Crippen LogP contribution in [0.3, 0.4) is 0 Å². The van der Waals surface area contributed by atoms with E-state index >= 15 is 0 Å². The molecule has 2 N–H and O–H groups in total. The van der Waals surface area contributed by atoms with E-state index in [1.165, 1.54) is 17.5 Å². The van der Waals surface area contributed by atoms with Crippen LogP contribution >= 0.6 is 0 Å². The van der Waals surface area contributed by atoms with Gasteiger partial charge in [0.25, 0.3) is 11.8 Å². The molecule has 27 heavy (non-hydrogen) atoms. The number of nitrogens with one attached hydrogen (secondary N) is 2. The second-order valence-electron chi connectivity index (χ2n) is 7.85. The number of benzene rings is 2. The number of amides is 2. The molecule has 4 rings (SSSR count). The fourth-order valence-electron chi connectivity index (χ4n) is 3.68. The molecule has 0 aromatic heterocycles. The SMILES string of the molecule is C[C@@H](NC(=O)c1ccc2c(c1)NC(=O)C(C)(C)O2)c1ccc2c(c1)CCC2. The fourth-order valence-corrected chi connectivity index (χ4v) is 3.68. The lowest BCUT2D eigenvalue weighted by atomic mass is 10.0. The number of carbonyl (C=O) groups is 2. The first kappa shape index (κ1) is 17.6. The average Bonchev–Trinajstić information content (AvgIpc) is 3.09. The van der Waals surface area contributed by atoms with Gasteiger partial charge in [-0.3, -0.25) is 9.59 Å². The molecule has 0 saturated heterocycles. The van der Waals surface area contributed by atoms with E-state index in [4.69, 9.17) is 4.74 Å². The van der Waals surface area contributed by atoms with Crippen LogP contribution in [0, 0.1) is 0 Å². The summed E-state index contributed by atoms with van der Waals surface area (Å²) in [5.74, 6) is 0.173. The number of anilines is 1. The van der Waals surface area contributed by atoms with Crippen LogP contribution in [0.4, 0.5) is 5.69 Å². The summed E-state index contributed by atoms with van der Waals surface area (Å²) >= 11 is 0.